The maximum absolute atomic E-state index is 13.4. The van der Waals surface area contributed by atoms with Crippen molar-refractivity contribution in [2.45, 2.75) is 22.8 Å². The Labute approximate surface area is 279 Å². The van der Waals surface area contributed by atoms with Gasteiger partial charge < -0.3 is 18.6 Å². The van der Waals surface area contributed by atoms with Crippen LogP contribution in [0.1, 0.15) is 54.7 Å². The first-order valence-electron chi connectivity index (χ1n) is 14.4. The van der Waals surface area contributed by atoms with Crippen LogP contribution in [0.3, 0.4) is 0 Å². The van der Waals surface area contributed by atoms with Crippen LogP contribution in [0.5, 0.6) is 23.0 Å². The van der Waals surface area contributed by atoms with Gasteiger partial charge in [0.15, 0.2) is 23.1 Å². The summed E-state index contributed by atoms with van der Waals surface area (Å²) in [5, 5.41) is 30.4. The van der Waals surface area contributed by atoms with E-state index in [9.17, 15) is 41.4 Å². The van der Waals surface area contributed by atoms with Gasteiger partial charge >= 0.3 is 26.3 Å². The number of hydrogen-bond donors (Lipinski definition) is 2. The lowest BCUT2D eigenvalue weighted by Gasteiger charge is -2.18. The number of allylic oxidation sites excluding steroid dienone is 1. The molecule has 0 heterocycles. The molecule has 2 aliphatic carbocycles. The average Bonchev–Trinajstić information content (AvgIpc) is 3.08. The fourth-order valence-electron chi connectivity index (χ4n) is 5.37. The number of phenolic OH excluding ortho intramolecular Hbond substituents is 2. The summed E-state index contributed by atoms with van der Waals surface area (Å²) in [7, 11) is -9.26. The Morgan fingerprint density at radius 3 is 1.94 bits per heavy atom. The van der Waals surface area contributed by atoms with Crippen molar-refractivity contribution in [3.05, 3.63) is 123 Å². The number of benzene rings is 4. The summed E-state index contributed by atoms with van der Waals surface area (Å²) in [4.78, 5) is 40.7. The van der Waals surface area contributed by atoms with E-state index in [2.05, 4.69) is 4.98 Å². The molecular weight excluding hydrogens is 677 g/mol. The van der Waals surface area contributed by atoms with Crippen LogP contribution in [0.15, 0.2) is 94.7 Å². The highest BCUT2D eigenvalue weighted by molar-refractivity contribution is 7.87. The van der Waals surface area contributed by atoms with Gasteiger partial charge in [0.2, 0.25) is 11.1 Å². The van der Waals surface area contributed by atoms with Crippen molar-refractivity contribution in [2.24, 2.45) is 5.92 Å². The summed E-state index contributed by atoms with van der Waals surface area (Å²) in [5.74, 6) is -5.14. The molecule has 0 amide bonds. The molecule has 2 aliphatic rings. The van der Waals surface area contributed by atoms with Gasteiger partial charge in [0.25, 0.3) is 5.78 Å². The van der Waals surface area contributed by atoms with Crippen LogP contribution < -0.4 is 8.37 Å². The molecule has 6 rings (SSSR count). The molecule has 0 aromatic heterocycles. The lowest BCUT2D eigenvalue weighted by molar-refractivity contribution is 0.0949. The predicted octanol–water partition coefficient (Wildman–Crippen LogP) is 5.14. The number of phenols is 2. The summed E-state index contributed by atoms with van der Waals surface area (Å²) in [6.45, 7) is 1.69. The van der Waals surface area contributed by atoms with Crippen LogP contribution in [0.4, 0.5) is 0 Å². The SMILES string of the molecule is CC1C=Cc2c(cccc2S(=O)(=O)Oc2ccc(C(=O)c3ccc(O)c(OS(=O)(=O)c4cccc5c4C=CC([N+]#N)C5=O)c3O)cc2)C1=O. The Morgan fingerprint density at radius 2 is 1.33 bits per heavy atom. The van der Waals surface area contributed by atoms with Crippen LogP contribution in [0.2, 0.25) is 0 Å². The molecule has 15 heteroatoms. The van der Waals surface area contributed by atoms with E-state index in [-0.39, 0.29) is 44.2 Å². The van der Waals surface area contributed by atoms with E-state index in [1.165, 1.54) is 66.7 Å². The number of ketones is 3. The molecular formula is C34H23N2O11S2+. The molecule has 4 aromatic rings. The lowest BCUT2D eigenvalue weighted by atomic mass is 9.89. The molecule has 0 aliphatic heterocycles. The normalized spacial score (nSPS) is 16.7. The third kappa shape index (κ3) is 5.83. The van der Waals surface area contributed by atoms with Gasteiger partial charge in [0.1, 0.15) is 20.5 Å². The quantitative estimate of drug-likeness (QED) is 0.139. The molecule has 0 spiro atoms. The Morgan fingerprint density at radius 1 is 0.755 bits per heavy atom. The second-order valence-corrected chi connectivity index (χ2v) is 14.0. The summed E-state index contributed by atoms with van der Waals surface area (Å²) >= 11 is 0. The third-order valence-corrected chi connectivity index (χ3v) is 10.5. The van der Waals surface area contributed by atoms with Gasteiger partial charge in [0, 0.05) is 39.8 Å². The molecule has 49 heavy (non-hydrogen) atoms. The van der Waals surface area contributed by atoms with Gasteiger partial charge in [-0.25, -0.2) is 0 Å². The highest BCUT2D eigenvalue weighted by atomic mass is 32.2. The van der Waals surface area contributed by atoms with Crippen molar-refractivity contribution >= 4 is 49.7 Å². The minimum absolute atomic E-state index is 0.0720. The Bertz CT molecular complexity index is 2430. The molecule has 0 radical (unpaired) electrons. The highest BCUT2D eigenvalue weighted by Crippen LogP contribution is 2.42. The molecule has 246 valence electrons. The zero-order chi connectivity index (χ0) is 35.2. The summed E-state index contributed by atoms with van der Waals surface area (Å²) in [6, 6.07) is 13.5. The standard InChI is InChI=1S/C34H22N2O11S2/c1-18-8-13-21-23(30(18)38)4-2-6-28(21)48(42,43)46-20-11-9-19(10-12-20)31(39)25-15-17-27(37)34(33(25)41)47-49(44,45)29-7-3-5-24-22(29)14-16-26(36-35)32(24)40/h2-18,26H,1H3,(H-,37,39,41)/p+1. The van der Waals surface area contributed by atoms with Crippen molar-refractivity contribution in [1.82, 2.24) is 0 Å². The summed E-state index contributed by atoms with van der Waals surface area (Å²) in [5.41, 5.74) is -0.254. The zero-order valence-electron chi connectivity index (χ0n) is 25.2. The largest absolute Gasteiger partial charge is 0.504 e. The first-order valence-corrected chi connectivity index (χ1v) is 17.2. The van der Waals surface area contributed by atoms with Crippen molar-refractivity contribution in [3.8, 4) is 23.0 Å². The number of rotatable bonds is 8. The number of hydrogen-bond acceptors (Lipinski definition) is 12. The molecule has 2 atom stereocenters. The highest BCUT2D eigenvalue weighted by Gasteiger charge is 2.37. The van der Waals surface area contributed by atoms with Crippen LogP contribution in [-0.2, 0) is 20.2 Å². The third-order valence-electron chi connectivity index (χ3n) is 7.88. The van der Waals surface area contributed by atoms with E-state index in [1.807, 2.05) is 0 Å². The van der Waals surface area contributed by atoms with Crippen LogP contribution in [0, 0.1) is 11.3 Å². The number of aromatic hydroxyl groups is 2. The number of nitrogens with zero attached hydrogens (tertiary/aromatic N) is 2. The monoisotopic (exact) mass is 699 g/mol. The molecule has 0 saturated heterocycles. The first kappa shape index (κ1) is 32.8. The zero-order valence-corrected chi connectivity index (χ0v) is 26.8. The van der Waals surface area contributed by atoms with Gasteiger partial charge in [-0.2, -0.15) is 16.8 Å². The number of carbonyl (C=O) groups is 3. The van der Waals surface area contributed by atoms with E-state index in [1.54, 1.807) is 19.1 Å². The second kappa shape index (κ2) is 12.2. The van der Waals surface area contributed by atoms with Gasteiger partial charge in [0.05, 0.1) is 5.56 Å². The maximum Gasteiger partial charge on any atom is 0.394 e. The van der Waals surface area contributed by atoms with E-state index in [0.717, 1.165) is 18.2 Å². The Balaban J connectivity index is 1.25. The number of carbonyl (C=O) groups excluding carboxylic acids is 3. The van der Waals surface area contributed by atoms with Gasteiger partial charge in [-0.3, -0.25) is 14.4 Å². The molecule has 2 unspecified atom stereocenters. The number of fused-ring (bicyclic) bond motifs is 2. The predicted molar refractivity (Wildman–Crippen MR) is 173 cm³/mol. The average molecular weight is 700 g/mol. The molecule has 2 N–H and O–H groups in total. The van der Waals surface area contributed by atoms with Crippen molar-refractivity contribution in [2.75, 3.05) is 0 Å². The van der Waals surface area contributed by atoms with Crippen LogP contribution in [-0.4, -0.2) is 50.4 Å². The maximum atomic E-state index is 13.4. The fourth-order valence-corrected chi connectivity index (χ4v) is 7.68. The van der Waals surface area contributed by atoms with Crippen LogP contribution >= 0.6 is 0 Å². The van der Waals surface area contributed by atoms with Crippen LogP contribution in [0.25, 0.3) is 17.1 Å². The Hall–Kier alpha value is -6.11. The second-order valence-electron chi connectivity index (χ2n) is 11.0. The smallest absolute Gasteiger partial charge is 0.394 e. The van der Waals surface area contributed by atoms with Crippen molar-refractivity contribution < 1.29 is 49.8 Å². The van der Waals surface area contributed by atoms with Crippen molar-refractivity contribution in [1.29, 1.82) is 5.39 Å². The summed E-state index contributed by atoms with van der Waals surface area (Å²) in [6.07, 6.45) is 5.57. The van der Waals surface area contributed by atoms with E-state index >= 15 is 0 Å². The molecule has 0 fully saturated rings. The fraction of sp³-hybridized carbons (Fsp3) is 0.0882. The summed E-state index contributed by atoms with van der Waals surface area (Å²) < 4.78 is 63.3. The minimum atomic E-state index is -4.84. The molecule has 0 saturated carbocycles. The van der Waals surface area contributed by atoms with E-state index in [4.69, 9.17) is 13.8 Å². The molecule has 0 bridgehead atoms. The molecule has 13 nitrogen and oxygen atoms in total. The topological polar surface area (TPSA) is 207 Å². The molecule has 4 aromatic carbocycles. The van der Waals surface area contributed by atoms with E-state index < -0.39 is 71.5 Å². The van der Waals surface area contributed by atoms with Crippen molar-refractivity contribution in [3.63, 3.8) is 0 Å². The number of diazo groups is 1. The number of Topliss-reactive ketones (excluding diaryl/α,β-unsaturated/α-hetero) is 2. The van der Waals surface area contributed by atoms with Gasteiger partial charge in [-0.15, -0.1) is 0 Å². The first-order chi connectivity index (χ1) is 23.2. The minimum Gasteiger partial charge on any atom is -0.504 e. The van der Waals surface area contributed by atoms with E-state index in [0.29, 0.717) is 0 Å². The van der Waals surface area contributed by atoms with Gasteiger partial charge in [-0.1, -0.05) is 43.3 Å². The Kier molecular flexibility index (Phi) is 8.14. The van der Waals surface area contributed by atoms with Gasteiger partial charge in [-0.05, 0) is 54.6 Å². The lowest BCUT2D eigenvalue weighted by Crippen LogP contribution is -2.21.